The predicted molar refractivity (Wildman–Crippen MR) is 72.1 cm³/mol. The van der Waals surface area contributed by atoms with E-state index in [1.165, 1.54) is 11.8 Å². The molecule has 0 spiro atoms. The van der Waals surface area contributed by atoms with Crippen molar-refractivity contribution in [3.8, 4) is 0 Å². The van der Waals surface area contributed by atoms with E-state index in [-0.39, 0.29) is 17.9 Å². The average molecular weight is 264 g/mol. The van der Waals surface area contributed by atoms with Crippen LogP contribution in [0, 0.1) is 5.92 Å². The van der Waals surface area contributed by atoms with Crippen LogP contribution in [0.15, 0.2) is 0 Å². The number of hydrogen-bond donors (Lipinski definition) is 0. The minimum atomic E-state index is -0.451. The average Bonchev–Trinajstić information content (AvgIpc) is 2.13. The minimum absolute atomic E-state index is 0.166. The fourth-order valence-corrected chi connectivity index (χ4v) is 2.57. The first-order chi connectivity index (χ1) is 7.76. The molecular weight excluding hydrogens is 239 g/mol. The first-order valence-corrected chi connectivity index (χ1v) is 7.21. The number of carbonyl (C=O) groups excluding carboxylic acids is 1. The lowest BCUT2D eigenvalue weighted by molar-refractivity contribution is -0.154. The summed E-state index contributed by atoms with van der Waals surface area (Å²) in [5.41, 5.74) is -0.451. The molecule has 0 rings (SSSR count). The molecule has 0 heterocycles. The van der Waals surface area contributed by atoms with Crippen LogP contribution >= 0.6 is 11.8 Å². The van der Waals surface area contributed by atoms with E-state index in [4.69, 9.17) is 4.74 Å². The topological polar surface area (TPSA) is 26.3 Å². The largest absolute Gasteiger partial charge is 0.459 e. The maximum Gasteiger partial charge on any atom is 0.319 e. The number of hydrogen-bond acceptors (Lipinski definition) is 3. The van der Waals surface area contributed by atoms with Crippen LogP contribution in [0.4, 0.5) is 4.39 Å². The number of alkyl halides is 1. The Bertz CT molecular complexity index is 224. The molecular formula is C13H25FO2S. The van der Waals surface area contributed by atoms with Crippen LogP contribution in [0.25, 0.3) is 0 Å². The molecule has 0 fully saturated rings. The highest BCUT2D eigenvalue weighted by Gasteiger charge is 2.25. The highest BCUT2D eigenvalue weighted by atomic mass is 32.2. The van der Waals surface area contributed by atoms with Gasteiger partial charge in [0.1, 0.15) is 10.9 Å². The highest BCUT2D eigenvalue weighted by molar-refractivity contribution is 8.00. The smallest absolute Gasteiger partial charge is 0.319 e. The standard InChI is InChI=1S/C13H25FO2S/c1-10(2)9-11(17-8-6-7-14)12(15)16-13(3,4)5/h10-11H,6-9H2,1-5H3. The molecule has 0 saturated heterocycles. The van der Waals surface area contributed by atoms with Crippen molar-refractivity contribution in [3.05, 3.63) is 0 Å². The molecule has 0 aliphatic rings. The predicted octanol–water partition coefficient (Wildman–Crippen LogP) is 3.84. The van der Waals surface area contributed by atoms with Crippen molar-refractivity contribution >= 4 is 17.7 Å². The van der Waals surface area contributed by atoms with Crippen molar-refractivity contribution in [1.29, 1.82) is 0 Å². The van der Waals surface area contributed by atoms with Crippen LogP contribution in [-0.2, 0) is 9.53 Å². The monoisotopic (exact) mass is 264 g/mol. The molecule has 1 atom stereocenters. The lowest BCUT2D eigenvalue weighted by Crippen LogP contribution is -2.31. The van der Waals surface area contributed by atoms with Crippen LogP contribution < -0.4 is 0 Å². The molecule has 102 valence electrons. The van der Waals surface area contributed by atoms with E-state index in [0.717, 1.165) is 6.42 Å². The van der Waals surface area contributed by atoms with E-state index < -0.39 is 5.60 Å². The molecule has 1 unspecified atom stereocenters. The lowest BCUT2D eigenvalue weighted by atomic mass is 10.1. The van der Waals surface area contributed by atoms with Crippen molar-refractivity contribution in [2.75, 3.05) is 12.4 Å². The number of halogens is 1. The van der Waals surface area contributed by atoms with E-state index in [1.807, 2.05) is 20.8 Å². The van der Waals surface area contributed by atoms with Gasteiger partial charge in [0, 0.05) is 0 Å². The second-order valence-corrected chi connectivity index (χ2v) is 6.88. The Labute approximate surface area is 109 Å². The first-order valence-electron chi connectivity index (χ1n) is 6.16. The molecule has 0 aromatic rings. The summed E-state index contributed by atoms with van der Waals surface area (Å²) in [7, 11) is 0. The second-order valence-electron chi connectivity index (χ2n) is 5.56. The Balaban J connectivity index is 4.29. The maximum absolute atomic E-state index is 12.0. The summed E-state index contributed by atoms with van der Waals surface area (Å²) in [6, 6.07) is 0. The van der Waals surface area contributed by atoms with Crippen LogP contribution in [0.1, 0.15) is 47.5 Å². The normalized spacial score (nSPS) is 13.8. The van der Waals surface area contributed by atoms with E-state index in [0.29, 0.717) is 18.1 Å². The SMILES string of the molecule is CC(C)CC(SCCCF)C(=O)OC(C)(C)C. The minimum Gasteiger partial charge on any atom is -0.459 e. The van der Waals surface area contributed by atoms with Crippen LogP contribution in [0.3, 0.4) is 0 Å². The fourth-order valence-electron chi connectivity index (χ4n) is 1.31. The van der Waals surface area contributed by atoms with Crippen LogP contribution in [0.5, 0.6) is 0 Å². The van der Waals surface area contributed by atoms with Gasteiger partial charge in [-0.1, -0.05) is 13.8 Å². The van der Waals surface area contributed by atoms with Gasteiger partial charge in [0.2, 0.25) is 0 Å². The van der Waals surface area contributed by atoms with Gasteiger partial charge in [0.25, 0.3) is 0 Å². The summed E-state index contributed by atoms with van der Waals surface area (Å²) in [6.45, 7) is 9.42. The van der Waals surface area contributed by atoms with Crippen molar-refractivity contribution < 1.29 is 13.9 Å². The van der Waals surface area contributed by atoms with Crippen molar-refractivity contribution in [1.82, 2.24) is 0 Å². The third-order valence-electron chi connectivity index (χ3n) is 1.95. The Morgan fingerprint density at radius 2 is 1.94 bits per heavy atom. The maximum atomic E-state index is 12.0. The van der Waals surface area contributed by atoms with Gasteiger partial charge in [-0.2, -0.15) is 0 Å². The molecule has 0 saturated carbocycles. The number of thioether (sulfide) groups is 1. The summed E-state index contributed by atoms with van der Waals surface area (Å²) in [5.74, 6) is 0.938. The van der Waals surface area contributed by atoms with Gasteiger partial charge in [-0.05, 0) is 45.3 Å². The molecule has 4 heteroatoms. The summed E-state index contributed by atoms with van der Waals surface area (Å²) in [5, 5.41) is -0.166. The Kier molecular flexibility index (Phi) is 7.84. The van der Waals surface area contributed by atoms with E-state index >= 15 is 0 Å². The molecule has 0 aromatic heterocycles. The molecule has 0 aromatic carbocycles. The van der Waals surface area contributed by atoms with Crippen LogP contribution in [-0.4, -0.2) is 29.2 Å². The number of esters is 1. The van der Waals surface area contributed by atoms with Gasteiger partial charge < -0.3 is 4.74 Å². The van der Waals surface area contributed by atoms with Gasteiger partial charge in [-0.15, -0.1) is 11.8 Å². The Morgan fingerprint density at radius 3 is 2.35 bits per heavy atom. The molecule has 0 bridgehead atoms. The van der Waals surface area contributed by atoms with Crippen molar-refractivity contribution in [3.63, 3.8) is 0 Å². The molecule has 0 amide bonds. The number of carbonyl (C=O) groups is 1. The zero-order valence-electron chi connectivity index (χ0n) is 11.6. The van der Waals surface area contributed by atoms with Gasteiger partial charge >= 0.3 is 5.97 Å². The van der Waals surface area contributed by atoms with E-state index in [2.05, 4.69) is 13.8 Å². The zero-order valence-corrected chi connectivity index (χ0v) is 12.4. The van der Waals surface area contributed by atoms with Gasteiger partial charge in [0.05, 0.1) is 6.67 Å². The molecule has 17 heavy (non-hydrogen) atoms. The quantitative estimate of drug-likeness (QED) is 0.516. The van der Waals surface area contributed by atoms with E-state index in [1.54, 1.807) is 0 Å². The zero-order chi connectivity index (χ0) is 13.5. The van der Waals surface area contributed by atoms with E-state index in [9.17, 15) is 9.18 Å². The third-order valence-corrected chi connectivity index (χ3v) is 3.26. The first kappa shape index (κ1) is 16.8. The molecule has 0 aliphatic carbocycles. The lowest BCUT2D eigenvalue weighted by Gasteiger charge is -2.24. The highest BCUT2D eigenvalue weighted by Crippen LogP contribution is 2.23. The van der Waals surface area contributed by atoms with Gasteiger partial charge in [0.15, 0.2) is 0 Å². The molecule has 0 N–H and O–H groups in total. The summed E-state index contributed by atoms with van der Waals surface area (Å²) in [6.07, 6.45) is 1.29. The van der Waals surface area contributed by atoms with Gasteiger partial charge in [-0.25, -0.2) is 0 Å². The molecule has 2 nitrogen and oxygen atoms in total. The Hall–Kier alpha value is -0.250. The van der Waals surface area contributed by atoms with Gasteiger partial charge in [-0.3, -0.25) is 9.18 Å². The van der Waals surface area contributed by atoms with Crippen molar-refractivity contribution in [2.24, 2.45) is 5.92 Å². The molecule has 0 radical (unpaired) electrons. The Morgan fingerprint density at radius 1 is 1.35 bits per heavy atom. The summed E-state index contributed by atoms with van der Waals surface area (Å²) in [4.78, 5) is 12.0. The fraction of sp³-hybridized carbons (Fsp3) is 0.923. The number of ether oxygens (including phenoxy) is 1. The summed E-state index contributed by atoms with van der Waals surface area (Å²) < 4.78 is 17.4. The molecule has 0 aliphatic heterocycles. The number of rotatable bonds is 7. The third kappa shape index (κ3) is 9.45. The van der Waals surface area contributed by atoms with Crippen molar-refractivity contribution in [2.45, 2.75) is 58.3 Å². The van der Waals surface area contributed by atoms with Crippen LogP contribution in [0.2, 0.25) is 0 Å². The second kappa shape index (κ2) is 7.96. The summed E-state index contributed by atoms with van der Waals surface area (Å²) >= 11 is 1.51.